The number of allylic oxidation sites excluding steroid dienone is 2. The molecule has 2 aromatic rings. The summed E-state index contributed by atoms with van der Waals surface area (Å²) < 4.78 is 15.0. The van der Waals surface area contributed by atoms with Crippen LogP contribution in [0.3, 0.4) is 0 Å². The van der Waals surface area contributed by atoms with Gasteiger partial charge in [-0.05, 0) is 44.4 Å². The molecule has 0 saturated heterocycles. The monoisotopic (exact) mass is 373 g/mol. The molecule has 3 atom stereocenters. The van der Waals surface area contributed by atoms with E-state index >= 15 is 0 Å². The smallest absolute Gasteiger partial charge is 0.259 e. The van der Waals surface area contributed by atoms with Crippen LogP contribution in [0, 0.1) is 12.8 Å². The van der Waals surface area contributed by atoms with Gasteiger partial charge in [0.25, 0.3) is 5.56 Å². The number of fused-ring (bicyclic) bond motifs is 1. The summed E-state index contributed by atoms with van der Waals surface area (Å²) in [6.45, 7) is 7.81. The second kappa shape index (κ2) is 6.74. The molecule has 6 heteroatoms. The van der Waals surface area contributed by atoms with Crippen LogP contribution in [0.4, 0.5) is 4.39 Å². The predicted molar refractivity (Wildman–Crippen MR) is 103 cm³/mol. The first-order valence-electron chi connectivity index (χ1n) is 9.27. The van der Waals surface area contributed by atoms with Gasteiger partial charge in [-0.25, -0.2) is 9.37 Å². The van der Waals surface area contributed by atoms with Crippen molar-refractivity contribution in [3.63, 3.8) is 0 Å². The van der Waals surface area contributed by atoms with Gasteiger partial charge in [0, 0.05) is 35.1 Å². The highest BCUT2D eigenvalue weighted by Gasteiger charge is 2.38. The Kier molecular flexibility index (Phi) is 4.57. The van der Waals surface area contributed by atoms with E-state index in [9.17, 15) is 9.18 Å². The maximum Gasteiger partial charge on any atom is 0.259 e. The number of thiazole rings is 1. The lowest BCUT2D eigenvalue weighted by Gasteiger charge is -2.28. The number of rotatable bonds is 5. The lowest BCUT2D eigenvalue weighted by molar-refractivity contribution is 0.228. The van der Waals surface area contributed by atoms with E-state index in [1.165, 1.54) is 11.0 Å². The van der Waals surface area contributed by atoms with Crippen LogP contribution in [0.1, 0.15) is 48.9 Å². The van der Waals surface area contributed by atoms with E-state index in [0.717, 1.165) is 29.3 Å². The maximum absolute atomic E-state index is 13.2. The zero-order chi connectivity index (χ0) is 18.4. The summed E-state index contributed by atoms with van der Waals surface area (Å²) in [5.74, 6) is 0.974. The average Bonchev–Trinajstić information content (AvgIpc) is 3.22. The maximum atomic E-state index is 13.2. The average molecular weight is 373 g/mol. The molecule has 2 heterocycles. The summed E-state index contributed by atoms with van der Waals surface area (Å²) in [5.41, 5.74) is 1.96. The quantitative estimate of drug-likeness (QED) is 0.789. The second-order valence-corrected chi connectivity index (χ2v) is 8.56. The molecule has 0 aromatic carbocycles. The van der Waals surface area contributed by atoms with Crippen molar-refractivity contribution in [2.45, 2.75) is 52.1 Å². The van der Waals surface area contributed by atoms with Gasteiger partial charge in [0.2, 0.25) is 0 Å². The molecule has 0 aliphatic heterocycles. The minimum Gasteiger partial charge on any atom is -0.291 e. The molecule has 2 aliphatic rings. The zero-order valence-electron chi connectivity index (χ0n) is 15.4. The van der Waals surface area contributed by atoms with E-state index in [1.807, 2.05) is 10.5 Å². The van der Waals surface area contributed by atoms with Crippen molar-refractivity contribution >= 4 is 16.3 Å². The molecular weight excluding hydrogens is 349 g/mol. The number of likely N-dealkylation sites (N-methyl/N-ethyl adjacent to an activating group) is 1. The Bertz CT molecular complexity index is 958. The molecule has 26 heavy (non-hydrogen) atoms. The van der Waals surface area contributed by atoms with Gasteiger partial charge in [-0.15, -0.1) is 11.3 Å². The molecule has 2 aliphatic carbocycles. The van der Waals surface area contributed by atoms with Crippen molar-refractivity contribution in [1.29, 1.82) is 0 Å². The van der Waals surface area contributed by atoms with Crippen LogP contribution in [0.5, 0.6) is 0 Å². The van der Waals surface area contributed by atoms with Gasteiger partial charge in [-0.2, -0.15) is 0 Å². The van der Waals surface area contributed by atoms with Crippen molar-refractivity contribution in [2.75, 3.05) is 6.54 Å². The second-order valence-electron chi connectivity index (χ2n) is 7.38. The highest BCUT2D eigenvalue weighted by Crippen LogP contribution is 2.48. The van der Waals surface area contributed by atoms with Gasteiger partial charge >= 0.3 is 0 Å². The predicted octanol–water partition coefficient (Wildman–Crippen LogP) is 4.19. The van der Waals surface area contributed by atoms with Gasteiger partial charge in [0.05, 0.1) is 5.69 Å². The largest absolute Gasteiger partial charge is 0.291 e. The molecule has 0 N–H and O–H groups in total. The Morgan fingerprint density at radius 3 is 2.85 bits per heavy atom. The van der Waals surface area contributed by atoms with Crippen molar-refractivity contribution in [3.8, 4) is 0 Å². The van der Waals surface area contributed by atoms with E-state index in [4.69, 9.17) is 4.98 Å². The van der Waals surface area contributed by atoms with Gasteiger partial charge in [-0.3, -0.25) is 14.1 Å². The van der Waals surface area contributed by atoms with Crippen LogP contribution in [0.2, 0.25) is 0 Å². The number of hydrogen-bond donors (Lipinski definition) is 0. The topological polar surface area (TPSA) is 37.6 Å². The van der Waals surface area contributed by atoms with Crippen LogP contribution in [-0.4, -0.2) is 26.9 Å². The third kappa shape index (κ3) is 3.16. The van der Waals surface area contributed by atoms with Crippen LogP contribution in [-0.2, 0) is 6.54 Å². The Balaban J connectivity index is 1.63. The summed E-state index contributed by atoms with van der Waals surface area (Å²) in [5, 5.41) is 0. The summed E-state index contributed by atoms with van der Waals surface area (Å²) in [7, 11) is 0. The normalized spacial score (nSPS) is 25.1. The number of nitrogens with zero attached hydrogens (tertiary/aromatic N) is 3. The fourth-order valence-electron chi connectivity index (χ4n) is 3.88. The fourth-order valence-corrected chi connectivity index (χ4v) is 4.94. The van der Waals surface area contributed by atoms with Crippen molar-refractivity contribution in [2.24, 2.45) is 5.92 Å². The minimum atomic E-state index is -0.175. The van der Waals surface area contributed by atoms with Gasteiger partial charge < -0.3 is 0 Å². The number of halogens is 1. The summed E-state index contributed by atoms with van der Waals surface area (Å²) in [6, 6.07) is 1.81. The molecule has 2 aromatic heterocycles. The highest BCUT2D eigenvalue weighted by atomic mass is 32.1. The van der Waals surface area contributed by atoms with Gasteiger partial charge in [0.15, 0.2) is 4.96 Å². The Hall–Kier alpha value is -1.79. The minimum absolute atomic E-state index is 0.0182. The third-order valence-corrected chi connectivity index (χ3v) is 6.49. The van der Waals surface area contributed by atoms with Crippen LogP contribution < -0.4 is 5.56 Å². The molecule has 0 amide bonds. The summed E-state index contributed by atoms with van der Waals surface area (Å²) in [4.78, 5) is 21.8. The third-order valence-electron chi connectivity index (χ3n) is 5.52. The molecular formula is C20H24FN3OS. The molecule has 138 valence electrons. The Morgan fingerprint density at radius 2 is 2.23 bits per heavy atom. The van der Waals surface area contributed by atoms with Crippen molar-refractivity contribution in [1.82, 2.24) is 14.3 Å². The van der Waals surface area contributed by atoms with Crippen LogP contribution >= 0.6 is 11.3 Å². The van der Waals surface area contributed by atoms with Gasteiger partial charge in [0.1, 0.15) is 5.83 Å². The fraction of sp³-hybridized carbons (Fsp3) is 0.500. The number of aromatic nitrogens is 2. The van der Waals surface area contributed by atoms with Gasteiger partial charge in [-0.1, -0.05) is 19.9 Å². The molecule has 4 rings (SSSR count). The molecule has 4 nitrogen and oxygen atoms in total. The number of aryl methyl sites for hydroxylation is 1. The first kappa shape index (κ1) is 17.6. The molecule has 0 spiro atoms. The van der Waals surface area contributed by atoms with Crippen LogP contribution in [0.25, 0.3) is 4.96 Å². The van der Waals surface area contributed by atoms with E-state index in [0.29, 0.717) is 24.8 Å². The standard InChI is InChI=1S/C20H24FN3OS/c1-4-23(16-7-5-14(21)6-8-16)11-15-10-18(25)24-19(17-9-12(17)2)13(3)26-20(24)22-15/h5-7,10,12,16-17H,4,8-9,11H2,1-3H3. The first-order valence-corrected chi connectivity index (χ1v) is 10.1. The number of hydrogen-bond acceptors (Lipinski definition) is 4. The van der Waals surface area contributed by atoms with E-state index in [2.05, 4.69) is 25.7 Å². The molecule has 0 bridgehead atoms. The SMILES string of the molecule is CCN(Cc1cc(=O)n2c(C3CC3C)c(C)sc2n1)C1C=CC(F)=CC1. The molecule has 0 radical (unpaired) electrons. The zero-order valence-corrected chi connectivity index (χ0v) is 16.2. The molecule has 1 fully saturated rings. The summed E-state index contributed by atoms with van der Waals surface area (Å²) in [6.07, 6.45) is 6.84. The lowest BCUT2D eigenvalue weighted by Crippen LogP contribution is -2.34. The molecule has 3 unspecified atom stereocenters. The van der Waals surface area contributed by atoms with Crippen molar-refractivity contribution in [3.05, 3.63) is 56.7 Å². The van der Waals surface area contributed by atoms with E-state index in [-0.39, 0.29) is 17.4 Å². The summed E-state index contributed by atoms with van der Waals surface area (Å²) >= 11 is 1.61. The molecule has 1 saturated carbocycles. The Labute approximate surface area is 156 Å². The van der Waals surface area contributed by atoms with E-state index < -0.39 is 0 Å². The van der Waals surface area contributed by atoms with Crippen molar-refractivity contribution < 1.29 is 4.39 Å². The first-order chi connectivity index (χ1) is 12.5. The van der Waals surface area contributed by atoms with Crippen LogP contribution in [0.15, 0.2) is 34.9 Å². The lowest BCUT2D eigenvalue weighted by atomic mass is 10.1. The highest BCUT2D eigenvalue weighted by molar-refractivity contribution is 7.17. The Morgan fingerprint density at radius 1 is 1.46 bits per heavy atom. The van der Waals surface area contributed by atoms with E-state index in [1.54, 1.807) is 23.5 Å².